The lowest BCUT2D eigenvalue weighted by molar-refractivity contribution is 0.223. The van der Waals surface area contributed by atoms with E-state index < -0.39 is 6.10 Å². The van der Waals surface area contributed by atoms with Crippen molar-refractivity contribution in [2.45, 2.75) is 20.0 Å². The molecular formula is C15H18O3S. The first-order valence-electron chi connectivity index (χ1n) is 6.03. The minimum absolute atomic E-state index is 0.651. The Kier molecular flexibility index (Phi) is 4.12. The fraction of sp³-hybridized carbons (Fsp3) is 0.333. The van der Waals surface area contributed by atoms with Crippen LogP contribution in [0.5, 0.6) is 11.5 Å². The summed E-state index contributed by atoms with van der Waals surface area (Å²) < 4.78 is 10.4. The van der Waals surface area contributed by atoms with Crippen molar-refractivity contribution < 1.29 is 14.6 Å². The van der Waals surface area contributed by atoms with Crippen LogP contribution in [0.15, 0.2) is 24.3 Å². The van der Waals surface area contributed by atoms with Crippen molar-refractivity contribution in [2.75, 3.05) is 14.2 Å². The molecule has 1 heterocycles. The van der Waals surface area contributed by atoms with Gasteiger partial charge >= 0.3 is 0 Å². The summed E-state index contributed by atoms with van der Waals surface area (Å²) in [5.41, 5.74) is 1.98. The molecule has 0 fully saturated rings. The van der Waals surface area contributed by atoms with Crippen molar-refractivity contribution in [3.05, 3.63) is 45.1 Å². The quantitative estimate of drug-likeness (QED) is 0.930. The van der Waals surface area contributed by atoms with E-state index in [0.29, 0.717) is 11.5 Å². The second kappa shape index (κ2) is 5.63. The van der Waals surface area contributed by atoms with Crippen molar-refractivity contribution in [2.24, 2.45) is 0 Å². The second-order valence-corrected chi connectivity index (χ2v) is 5.72. The van der Waals surface area contributed by atoms with E-state index in [2.05, 4.69) is 6.92 Å². The van der Waals surface area contributed by atoms with Crippen LogP contribution in [0, 0.1) is 13.8 Å². The lowest BCUT2D eigenvalue weighted by Crippen LogP contribution is -1.99. The van der Waals surface area contributed by atoms with E-state index in [4.69, 9.17) is 9.47 Å². The van der Waals surface area contributed by atoms with Crippen LogP contribution in [0.4, 0.5) is 0 Å². The molecule has 0 radical (unpaired) electrons. The minimum Gasteiger partial charge on any atom is -0.497 e. The summed E-state index contributed by atoms with van der Waals surface area (Å²) in [5.74, 6) is 1.36. The highest BCUT2D eigenvalue weighted by atomic mass is 32.1. The van der Waals surface area contributed by atoms with E-state index in [9.17, 15) is 5.11 Å². The minimum atomic E-state index is -0.651. The lowest BCUT2D eigenvalue weighted by Gasteiger charge is -2.12. The maximum atomic E-state index is 10.5. The molecular weight excluding hydrogens is 260 g/mol. The molecule has 2 rings (SSSR count). The van der Waals surface area contributed by atoms with Crippen LogP contribution in [0.25, 0.3) is 0 Å². The molecule has 0 bridgehead atoms. The second-order valence-electron chi connectivity index (χ2n) is 4.44. The number of hydrogen-bond donors (Lipinski definition) is 1. The molecule has 0 saturated carbocycles. The third-order valence-corrected chi connectivity index (χ3v) is 4.35. The summed E-state index contributed by atoms with van der Waals surface area (Å²) >= 11 is 1.61. The average Bonchev–Trinajstić information content (AvgIpc) is 2.77. The molecule has 1 atom stereocenters. The van der Waals surface area contributed by atoms with Gasteiger partial charge in [0, 0.05) is 15.8 Å². The Labute approximate surface area is 117 Å². The Morgan fingerprint density at radius 1 is 1.00 bits per heavy atom. The molecule has 1 unspecified atom stereocenters. The van der Waals surface area contributed by atoms with Gasteiger partial charge in [0.15, 0.2) is 0 Å². The van der Waals surface area contributed by atoms with Gasteiger partial charge in [-0.3, -0.25) is 0 Å². The van der Waals surface area contributed by atoms with Crippen LogP contribution in [0.2, 0.25) is 0 Å². The number of aliphatic hydroxyl groups is 1. The van der Waals surface area contributed by atoms with Crippen LogP contribution in [-0.4, -0.2) is 19.3 Å². The number of rotatable bonds is 4. The van der Waals surface area contributed by atoms with Gasteiger partial charge in [-0.1, -0.05) is 0 Å². The van der Waals surface area contributed by atoms with Gasteiger partial charge in [0.1, 0.15) is 17.6 Å². The fourth-order valence-corrected chi connectivity index (χ4v) is 2.94. The first-order valence-corrected chi connectivity index (χ1v) is 6.84. The van der Waals surface area contributed by atoms with Crippen LogP contribution in [0.3, 0.4) is 0 Å². The van der Waals surface area contributed by atoms with E-state index >= 15 is 0 Å². The fourth-order valence-electron chi connectivity index (χ4n) is 1.89. The molecule has 0 spiro atoms. The van der Waals surface area contributed by atoms with Crippen molar-refractivity contribution >= 4 is 11.3 Å². The average molecular weight is 278 g/mol. The standard InChI is InChI=1S/C15H18O3S/c1-9-5-14(19-10(9)2)15(16)11-6-12(17-3)8-13(7-11)18-4/h5-8,15-16H,1-4H3. The molecule has 0 aliphatic carbocycles. The van der Waals surface area contributed by atoms with Gasteiger partial charge < -0.3 is 14.6 Å². The van der Waals surface area contributed by atoms with Gasteiger partial charge in [0.05, 0.1) is 14.2 Å². The van der Waals surface area contributed by atoms with Crippen LogP contribution < -0.4 is 9.47 Å². The predicted octanol–water partition coefficient (Wildman–Crippen LogP) is 3.46. The Balaban J connectivity index is 2.39. The molecule has 102 valence electrons. The molecule has 1 N–H and O–H groups in total. The predicted molar refractivity (Wildman–Crippen MR) is 77.4 cm³/mol. The normalized spacial score (nSPS) is 12.3. The number of benzene rings is 1. The van der Waals surface area contributed by atoms with E-state index in [-0.39, 0.29) is 0 Å². The number of aryl methyl sites for hydroxylation is 2. The molecule has 1 aromatic carbocycles. The third-order valence-electron chi connectivity index (χ3n) is 3.14. The van der Waals surface area contributed by atoms with Gasteiger partial charge in [0.2, 0.25) is 0 Å². The highest BCUT2D eigenvalue weighted by Crippen LogP contribution is 2.34. The summed E-state index contributed by atoms with van der Waals surface area (Å²) in [6, 6.07) is 7.48. The van der Waals surface area contributed by atoms with Gasteiger partial charge in [0.25, 0.3) is 0 Å². The van der Waals surface area contributed by atoms with Crippen LogP contribution in [-0.2, 0) is 0 Å². The van der Waals surface area contributed by atoms with Crippen molar-refractivity contribution in [1.82, 2.24) is 0 Å². The smallest absolute Gasteiger partial charge is 0.122 e. The van der Waals surface area contributed by atoms with Gasteiger partial charge in [-0.25, -0.2) is 0 Å². The third kappa shape index (κ3) is 2.91. The molecule has 0 saturated heterocycles. The van der Waals surface area contributed by atoms with Gasteiger partial charge in [-0.15, -0.1) is 11.3 Å². The number of aliphatic hydroxyl groups excluding tert-OH is 1. The summed E-state index contributed by atoms with van der Waals surface area (Å²) in [7, 11) is 3.20. The number of methoxy groups -OCH3 is 2. The molecule has 2 aromatic rings. The summed E-state index contributed by atoms with van der Waals surface area (Å²) in [4.78, 5) is 2.16. The van der Waals surface area contributed by atoms with E-state index in [1.807, 2.05) is 25.1 Å². The molecule has 4 heteroatoms. The Hall–Kier alpha value is -1.52. The molecule has 0 aliphatic heterocycles. The Morgan fingerprint density at radius 3 is 2.00 bits per heavy atom. The maximum absolute atomic E-state index is 10.5. The summed E-state index contributed by atoms with van der Waals surface area (Å²) in [6.45, 7) is 4.11. The van der Waals surface area contributed by atoms with Gasteiger partial charge in [-0.05, 0) is 43.2 Å². The van der Waals surface area contributed by atoms with Crippen molar-refractivity contribution in [3.63, 3.8) is 0 Å². The summed E-state index contributed by atoms with van der Waals surface area (Å²) in [5, 5.41) is 10.5. The Morgan fingerprint density at radius 2 is 1.58 bits per heavy atom. The van der Waals surface area contributed by atoms with E-state index in [1.54, 1.807) is 31.6 Å². The topological polar surface area (TPSA) is 38.7 Å². The summed E-state index contributed by atoms with van der Waals surface area (Å²) in [6.07, 6.45) is -0.651. The van der Waals surface area contributed by atoms with Gasteiger partial charge in [-0.2, -0.15) is 0 Å². The highest BCUT2D eigenvalue weighted by Gasteiger charge is 2.16. The van der Waals surface area contributed by atoms with Crippen molar-refractivity contribution in [1.29, 1.82) is 0 Å². The Bertz CT molecular complexity index is 533. The van der Waals surface area contributed by atoms with E-state index in [0.717, 1.165) is 10.4 Å². The highest BCUT2D eigenvalue weighted by molar-refractivity contribution is 7.12. The molecule has 19 heavy (non-hydrogen) atoms. The zero-order valence-electron chi connectivity index (χ0n) is 11.6. The van der Waals surface area contributed by atoms with E-state index in [1.165, 1.54) is 10.4 Å². The molecule has 3 nitrogen and oxygen atoms in total. The number of ether oxygens (including phenoxy) is 2. The lowest BCUT2D eigenvalue weighted by atomic mass is 10.1. The van der Waals surface area contributed by atoms with Crippen LogP contribution in [0.1, 0.15) is 27.0 Å². The molecule has 0 aliphatic rings. The van der Waals surface area contributed by atoms with Crippen molar-refractivity contribution in [3.8, 4) is 11.5 Å². The zero-order valence-corrected chi connectivity index (χ0v) is 12.4. The first-order chi connectivity index (χ1) is 9.05. The number of thiophene rings is 1. The largest absolute Gasteiger partial charge is 0.497 e. The van der Waals surface area contributed by atoms with Crippen LogP contribution >= 0.6 is 11.3 Å². The maximum Gasteiger partial charge on any atom is 0.122 e. The zero-order chi connectivity index (χ0) is 14.0. The SMILES string of the molecule is COc1cc(OC)cc(C(O)c2cc(C)c(C)s2)c1. The molecule has 1 aromatic heterocycles. The first kappa shape index (κ1) is 13.9. The monoisotopic (exact) mass is 278 g/mol. The number of hydrogen-bond acceptors (Lipinski definition) is 4. The molecule has 0 amide bonds.